The van der Waals surface area contributed by atoms with Crippen LogP contribution in [0.25, 0.3) is 11.0 Å². The fraction of sp³-hybridized carbons (Fsp3) is 0.474. The molecule has 2 aromatic rings. The summed E-state index contributed by atoms with van der Waals surface area (Å²) in [4.78, 5) is 23.5. The minimum Gasteiger partial charge on any atom is -0.482 e. The monoisotopic (exact) mass is 365 g/mol. The summed E-state index contributed by atoms with van der Waals surface area (Å²) in [6, 6.07) is 4.74. The van der Waals surface area contributed by atoms with Gasteiger partial charge in [-0.3, -0.25) is 4.79 Å². The molecule has 25 heavy (non-hydrogen) atoms. The number of ether oxygens (including phenoxy) is 1. The molecule has 0 fully saturated rings. The third-order valence-corrected chi connectivity index (χ3v) is 4.31. The van der Waals surface area contributed by atoms with Crippen LogP contribution in [0.2, 0.25) is 5.02 Å². The third kappa shape index (κ3) is 5.49. The Morgan fingerprint density at radius 2 is 2.08 bits per heavy atom. The van der Waals surface area contributed by atoms with Gasteiger partial charge in [0.15, 0.2) is 6.61 Å². The van der Waals surface area contributed by atoms with Gasteiger partial charge in [-0.05, 0) is 31.9 Å². The average molecular weight is 366 g/mol. The number of benzene rings is 1. The number of aryl methyl sites for hydroxylation is 1. The molecule has 6 heteroatoms. The molecule has 1 amide bonds. The molecule has 1 heterocycles. The molecule has 0 radical (unpaired) electrons. The van der Waals surface area contributed by atoms with Crippen molar-refractivity contribution in [2.75, 3.05) is 6.61 Å². The lowest BCUT2D eigenvalue weighted by Gasteiger charge is -2.14. The zero-order valence-electron chi connectivity index (χ0n) is 14.9. The number of carbonyl (C=O) groups is 1. The molecule has 0 aliphatic carbocycles. The molecular formula is C19H24ClNO4. The Morgan fingerprint density at radius 1 is 1.32 bits per heavy atom. The van der Waals surface area contributed by atoms with Crippen LogP contribution in [0.3, 0.4) is 0 Å². The fourth-order valence-electron chi connectivity index (χ4n) is 2.66. The minimum atomic E-state index is -0.433. The van der Waals surface area contributed by atoms with E-state index >= 15 is 0 Å². The van der Waals surface area contributed by atoms with Gasteiger partial charge in [-0.2, -0.15) is 0 Å². The molecule has 5 nitrogen and oxygen atoms in total. The number of rotatable bonds is 8. The van der Waals surface area contributed by atoms with Crippen LogP contribution in [0.1, 0.15) is 45.1 Å². The standard InChI is InChI=1S/C19H24ClNO4/c1-4-5-6-7-13(3)21-18(22)11-24-17-10-16-14(9-15(17)20)12(2)8-19(23)25-16/h8-10,13H,4-7,11H2,1-3H3,(H,21,22)/t13-/m1/s1. The first-order valence-electron chi connectivity index (χ1n) is 8.57. The molecule has 1 aromatic carbocycles. The zero-order valence-corrected chi connectivity index (χ0v) is 15.6. The number of hydrogen-bond donors (Lipinski definition) is 1. The van der Waals surface area contributed by atoms with E-state index in [0.29, 0.717) is 16.4 Å². The van der Waals surface area contributed by atoms with Gasteiger partial charge in [-0.15, -0.1) is 0 Å². The van der Waals surface area contributed by atoms with Crippen LogP contribution < -0.4 is 15.7 Å². The van der Waals surface area contributed by atoms with Crippen LogP contribution in [0.5, 0.6) is 5.75 Å². The van der Waals surface area contributed by atoms with Crippen LogP contribution in [0, 0.1) is 6.92 Å². The molecule has 0 saturated carbocycles. The lowest BCUT2D eigenvalue weighted by Crippen LogP contribution is -2.36. The van der Waals surface area contributed by atoms with Crippen molar-refractivity contribution >= 4 is 28.5 Å². The van der Waals surface area contributed by atoms with E-state index in [9.17, 15) is 9.59 Å². The van der Waals surface area contributed by atoms with Gasteiger partial charge in [-0.25, -0.2) is 4.79 Å². The highest BCUT2D eigenvalue weighted by molar-refractivity contribution is 6.32. The molecule has 0 aliphatic rings. The first-order chi connectivity index (χ1) is 11.9. The smallest absolute Gasteiger partial charge is 0.336 e. The number of fused-ring (bicyclic) bond motifs is 1. The van der Waals surface area contributed by atoms with E-state index in [2.05, 4.69) is 12.2 Å². The fourth-order valence-corrected chi connectivity index (χ4v) is 2.88. The summed E-state index contributed by atoms with van der Waals surface area (Å²) in [5.41, 5.74) is 0.730. The molecular weight excluding hydrogens is 342 g/mol. The first-order valence-corrected chi connectivity index (χ1v) is 8.94. The summed E-state index contributed by atoms with van der Waals surface area (Å²) in [6.45, 7) is 5.80. The Hall–Kier alpha value is -2.01. The van der Waals surface area contributed by atoms with Crippen molar-refractivity contribution in [2.24, 2.45) is 0 Å². The lowest BCUT2D eigenvalue weighted by atomic mass is 10.1. The van der Waals surface area contributed by atoms with Gasteiger partial charge in [0.05, 0.1) is 5.02 Å². The summed E-state index contributed by atoms with van der Waals surface area (Å²) in [7, 11) is 0. The maximum Gasteiger partial charge on any atom is 0.336 e. The van der Waals surface area contributed by atoms with E-state index < -0.39 is 5.63 Å². The van der Waals surface area contributed by atoms with Crippen LogP contribution in [-0.2, 0) is 4.79 Å². The van der Waals surface area contributed by atoms with Gasteiger partial charge in [-0.1, -0.05) is 37.8 Å². The van der Waals surface area contributed by atoms with Crippen LogP contribution in [0.15, 0.2) is 27.4 Å². The highest BCUT2D eigenvalue weighted by Gasteiger charge is 2.12. The maximum absolute atomic E-state index is 12.0. The average Bonchev–Trinajstić information content (AvgIpc) is 2.54. The van der Waals surface area contributed by atoms with Crippen molar-refractivity contribution in [1.82, 2.24) is 5.32 Å². The van der Waals surface area contributed by atoms with Gasteiger partial charge < -0.3 is 14.5 Å². The molecule has 0 saturated heterocycles. The number of hydrogen-bond acceptors (Lipinski definition) is 4. The maximum atomic E-state index is 12.0. The van der Waals surface area contributed by atoms with Gasteiger partial charge in [0.1, 0.15) is 11.3 Å². The third-order valence-electron chi connectivity index (χ3n) is 4.01. The molecule has 2 rings (SSSR count). The van der Waals surface area contributed by atoms with E-state index in [0.717, 1.165) is 36.6 Å². The predicted molar refractivity (Wildman–Crippen MR) is 99.5 cm³/mol. The number of halogens is 1. The highest BCUT2D eigenvalue weighted by atomic mass is 35.5. The number of unbranched alkanes of at least 4 members (excludes halogenated alkanes) is 2. The van der Waals surface area contributed by atoms with Gasteiger partial charge in [0.25, 0.3) is 5.91 Å². The summed E-state index contributed by atoms with van der Waals surface area (Å²) < 4.78 is 10.7. The van der Waals surface area contributed by atoms with E-state index in [1.54, 1.807) is 12.1 Å². The first kappa shape index (κ1) is 19.3. The SMILES string of the molecule is CCCCC[C@@H](C)NC(=O)COc1cc2oc(=O)cc(C)c2cc1Cl. The molecule has 0 bridgehead atoms. The van der Waals surface area contributed by atoms with Crippen LogP contribution in [0.4, 0.5) is 0 Å². The molecule has 0 unspecified atom stereocenters. The second kappa shape index (κ2) is 8.90. The van der Waals surface area contributed by atoms with Gasteiger partial charge >= 0.3 is 5.63 Å². The molecule has 1 N–H and O–H groups in total. The Morgan fingerprint density at radius 3 is 2.80 bits per heavy atom. The van der Waals surface area contributed by atoms with E-state index in [1.807, 2.05) is 13.8 Å². The van der Waals surface area contributed by atoms with Gasteiger partial charge in [0.2, 0.25) is 0 Å². The van der Waals surface area contributed by atoms with Crippen LogP contribution >= 0.6 is 11.6 Å². The van der Waals surface area contributed by atoms with Crippen molar-refractivity contribution in [2.45, 2.75) is 52.5 Å². The second-order valence-corrected chi connectivity index (χ2v) is 6.69. The number of nitrogens with one attached hydrogen (secondary N) is 1. The van der Waals surface area contributed by atoms with E-state index in [1.165, 1.54) is 6.07 Å². The number of carbonyl (C=O) groups excluding carboxylic acids is 1. The Labute approximate surface area is 152 Å². The lowest BCUT2D eigenvalue weighted by molar-refractivity contribution is -0.123. The Bertz CT molecular complexity index is 800. The zero-order chi connectivity index (χ0) is 18.4. The Balaban J connectivity index is 1.99. The molecule has 0 spiro atoms. The molecule has 0 aliphatic heterocycles. The van der Waals surface area contributed by atoms with Crippen molar-refractivity contribution in [3.05, 3.63) is 39.2 Å². The Kier molecular flexibility index (Phi) is 6.88. The second-order valence-electron chi connectivity index (χ2n) is 6.28. The van der Waals surface area contributed by atoms with Crippen molar-refractivity contribution in [1.29, 1.82) is 0 Å². The molecule has 1 aromatic heterocycles. The highest BCUT2D eigenvalue weighted by Crippen LogP contribution is 2.30. The topological polar surface area (TPSA) is 68.5 Å². The largest absolute Gasteiger partial charge is 0.482 e. The summed E-state index contributed by atoms with van der Waals surface area (Å²) >= 11 is 6.21. The quantitative estimate of drug-likeness (QED) is 0.561. The normalized spacial score (nSPS) is 12.2. The summed E-state index contributed by atoms with van der Waals surface area (Å²) in [6.07, 6.45) is 4.35. The van der Waals surface area contributed by atoms with Crippen molar-refractivity contribution in [3.63, 3.8) is 0 Å². The van der Waals surface area contributed by atoms with Crippen molar-refractivity contribution < 1.29 is 13.9 Å². The van der Waals surface area contributed by atoms with Crippen LogP contribution in [-0.4, -0.2) is 18.6 Å². The summed E-state index contributed by atoms with van der Waals surface area (Å²) in [5, 5.41) is 4.01. The molecule has 136 valence electrons. The molecule has 1 atom stereocenters. The van der Waals surface area contributed by atoms with E-state index in [-0.39, 0.29) is 18.6 Å². The number of amides is 1. The van der Waals surface area contributed by atoms with Gasteiger partial charge in [0, 0.05) is 23.6 Å². The summed E-state index contributed by atoms with van der Waals surface area (Å²) in [5.74, 6) is 0.113. The van der Waals surface area contributed by atoms with E-state index in [4.69, 9.17) is 20.8 Å². The predicted octanol–water partition coefficient (Wildman–Crippen LogP) is 4.22. The van der Waals surface area contributed by atoms with Crippen molar-refractivity contribution in [3.8, 4) is 5.75 Å². The minimum absolute atomic E-state index is 0.107.